The van der Waals surface area contributed by atoms with Gasteiger partial charge in [0.15, 0.2) is 5.76 Å². The molecular formula is C20H24N2O3. The molecule has 0 radical (unpaired) electrons. The maximum absolute atomic E-state index is 12.7. The Hall–Kier alpha value is -2.53. The molecule has 0 aliphatic carbocycles. The fourth-order valence-electron chi connectivity index (χ4n) is 3.02. The van der Waals surface area contributed by atoms with Crippen LogP contribution in [0.3, 0.4) is 0 Å². The van der Waals surface area contributed by atoms with Crippen LogP contribution in [0.15, 0.2) is 39.4 Å². The fourth-order valence-corrected chi connectivity index (χ4v) is 3.02. The number of hydrogen-bond acceptors (Lipinski definition) is 4. The molecule has 0 saturated carbocycles. The van der Waals surface area contributed by atoms with E-state index in [0.29, 0.717) is 12.3 Å². The first-order valence-electron chi connectivity index (χ1n) is 8.37. The molecule has 1 amide bonds. The van der Waals surface area contributed by atoms with Crippen LogP contribution in [0.25, 0.3) is 11.0 Å². The molecule has 0 aliphatic rings. The normalized spacial score (nSPS) is 12.7. The number of carbonyl (C=O) groups is 1. The Balaban J connectivity index is 1.83. The highest BCUT2D eigenvalue weighted by atomic mass is 16.3. The Labute approximate surface area is 147 Å². The van der Waals surface area contributed by atoms with Crippen LogP contribution in [0.2, 0.25) is 0 Å². The smallest absolute Gasteiger partial charge is 0.287 e. The van der Waals surface area contributed by atoms with Crippen LogP contribution in [0.4, 0.5) is 0 Å². The summed E-state index contributed by atoms with van der Waals surface area (Å²) in [7, 11) is 3.91. The fraction of sp³-hybridized carbons (Fsp3) is 0.350. The second-order valence-corrected chi connectivity index (χ2v) is 6.65. The number of aryl methyl sites for hydroxylation is 3. The van der Waals surface area contributed by atoms with Gasteiger partial charge in [0.25, 0.3) is 5.91 Å². The van der Waals surface area contributed by atoms with Crippen molar-refractivity contribution < 1.29 is 13.6 Å². The van der Waals surface area contributed by atoms with E-state index < -0.39 is 0 Å². The van der Waals surface area contributed by atoms with Gasteiger partial charge in [-0.25, -0.2) is 0 Å². The van der Waals surface area contributed by atoms with Crippen molar-refractivity contribution in [3.63, 3.8) is 0 Å². The van der Waals surface area contributed by atoms with Gasteiger partial charge in [-0.1, -0.05) is 12.1 Å². The summed E-state index contributed by atoms with van der Waals surface area (Å²) < 4.78 is 11.4. The van der Waals surface area contributed by atoms with E-state index in [-0.39, 0.29) is 11.9 Å². The molecule has 2 aromatic heterocycles. The lowest BCUT2D eigenvalue weighted by Crippen LogP contribution is -2.34. The largest absolute Gasteiger partial charge is 0.468 e. The summed E-state index contributed by atoms with van der Waals surface area (Å²) >= 11 is 0. The highest BCUT2D eigenvalue weighted by molar-refractivity contribution is 5.99. The summed E-state index contributed by atoms with van der Waals surface area (Å²) in [4.78, 5) is 14.7. The number of benzene rings is 1. The molecule has 0 spiro atoms. The van der Waals surface area contributed by atoms with Crippen LogP contribution < -0.4 is 5.32 Å². The number of fused-ring (bicyclic) bond motifs is 1. The molecule has 3 rings (SSSR count). The molecule has 0 bridgehead atoms. The van der Waals surface area contributed by atoms with Gasteiger partial charge in [0.2, 0.25) is 0 Å². The standard InChI is InChI=1S/C20H24N2O3/c1-12-8-9-15-14(3)19(25-18(15)13(12)2)20(23)21-11-16(22(4)5)17-7-6-10-24-17/h6-10,16H,11H2,1-5H3,(H,21,23). The summed E-state index contributed by atoms with van der Waals surface area (Å²) in [5.41, 5.74) is 3.88. The summed E-state index contributed by atoms with van der Waals surface area (Å²) in [6.07, 6.45) is 1.64. The molecule has 1 atom stereocenters. The molecule has 5 heteroatoms. The van der Waals surface area contributed by atoms with Gasteiger partial charge in [0, 0.05) is 17.5 Å². The van der Waals surface area contributed by atoms with Gasteiger partial charge in [-0.2, -0.15) is 0 Å². The number of nitrogens with one attached hydrogen (secondary N) is 1. The number of rotatable bonds is 5. The van der Waals surface area contributed by atoms with Crippen LogP contribution in [0.1, 0.15) is 39.0 Å². The lowest BCUT2D eigenvalue weighted by atomic mass is 10.0. The minimum Gasteiger partial charge on any atom is -0.468 e. The molecule has 0 aliphatic heterocycles. The zero-order chi connectivity index (χ0) is 18.1. The highest BCUT2D eigenvalue weighted by Gasteiger charge is 2.22. The Morgan fingerprint density at radius 2 is 1.92 bits per heavy atom. The first kappa shape index (κ1) is 17.3. The lowest BCUT2D eigenvalue weighted by molar-refractivity contribution is 0.0912. The van der Waals surface area contributed by atoms with Crippen molar-refractivity contribution in [3.05, 3.63) is 58.7 Å². The molecule has 1 unspecified atom stereocenters. The minimum atomic E-state index is -0.204. The van der Waals surface area contributed by atoms with Gasteiger partial charge in [-0.3, -0.25) is 9.69 Å². The zero-order valence-electron chi connectivity index (χ0n) is 15.3. The maximum atomic E-state index is 12.7. The topological polar surface area (TPSA) is 58.6 Å². The second-order valence-electron chi connectivity index (χ2n) is 6.65. The molecule has 2 heterocycles. The molecule has 3 aromatic rings. The zero-order valence-corrected chi connectivity index (χ0v) is 15.3. The van der Waals surface area contributed by atoms with Crippen molar-refractivity contribution >= 4 is 16.9 Å². The van der Waals surface area contributed by atoms with Crippen LogP contribution in [0, 0.1) is 20.8 Å². The Bertz CT molecular complexity index is 891. The predicted molar refractivity (Wildman–Crippen MR) is 97.9 cm³/mol. The van der Waals surface area contributed by atoms with E-state index in [1.165, 1.54) is 0 Å². The van der Waals surface area contributed by atoms with Gasteiger partial charge in [-0.15, -0.1) is 0 Å². The predicted octanol–water partition coefficient (Wildman–Crippen LogP) is 3.98. The average Bonchev–Trinajstić information content (AvgIpc) is 3.20. The van der Waals surface area contributed by atoms with Crippen molar-refractivity contribution in [2.45, 2.75) is 26.8 Å². The van der Waals surface area contributed by atoms with Crippen molar-refractivity contribution in [1.82, 2.24) is 10.2 Å². The Kier molecular flexibility index (Phi) is 4.68. The molecule has 5 nitrogen and oxygen atoms in total. The second kappa shape index (κ2) is 6.76. The summed E-state index contributed by atoms with van der Waals surface area (Å²) in [6, 6.07) is 7.80. The molecule has 132 valence electrons. The third-order valence-electron chi connectivity index (χ3n) is 4.78. The van der Waals surface area contributed by atoms with E-state index >= 15 is 0 Å². The third-order valence-corrected chi connectivity index (χ3v) is 4.78. The average molecular weight is 340 g/mol. The molecular weight excluding hydrogens is 316 g/mol. The van der Waals surface area contributed by atoms with Gasteiger partial charge in [-0.05, 0) is 58.1 Å². The van der Waals surface area contributed by atoms with E-state index in [9.17, 15) is 4.79 Å². The van der Waals surface area contributed by atoms with Crippen LogP contribution in [0.5, 0.6) is 0 Å². The van der Waals surface area contributed by atoms with E-state index in [1.54, 1.807) is 6.26 Å². The Morgan fingerprint density at radius 3 is 2.56 bits per heavy atom. The van der Waals surface area contributed by atoms with Crippen LogP contribution in [-0.2, 0) is 0 Å². The molecule has 1 N–H and O–H groups in total. The quantitative estimate of drug-likeness (QED) is 0.763. The van der Waals surface area contributed by atoms with Crippen LogP contribution >= 0.6 is 0 Å². The monoisotopic (exact) mass is 340 g/mol. The molecule has 0 saturated heterocycles. The first-order chi connectivity index (χ1) is 11.9. The van der Waals surface area contributed by atoms with Gasteiger partial charge >= 0.3 is 0 Å². The number of carbonyl (C=O) groups excluding carboxylic acids is 1. The van der Waals surface area contributed by atoms with Crippen molar-refractivity contribution in [2.75, 3.05) is 20.6 Å². The molecule has 0 fully saturated rings. The number of amides is 1. The third kappa shape index (κ3) is 3.20. The number of furan rings is 2. The Morgan fingerprint density at radius 1 is 1.16 bits per heavy atom. The molecule has 1 aromatic carbocycles. The minimum absolute atomic E-state index is 0.0346. The summed E-state index contributed by atoms with van der Waals surface area (Å²) in [5, 5.41) is 3.96. The van der Waals surface area contributed by atoms with Crippen molar-refractivity contribution in [1.29, 1.82) is 0 Å². The van der Waals surface area contributed by atoms with Crippen molar-refractivity contribution in [2.24, 2.45) is 0 Å². The maximum Gasteiger partial charge on any atom is 0.287 e. The van der Waals surface area contributed by atoms with E-state index in [1.807, 2.05) is 58.0 Å². The van der Waals surface area contributed by atoms with Gasteiger partial charge in [0.1, 0.15) is 11.3 Å². The van der Waals surface area contributed by atoms with Crippen molar-refractivity contribution in [3.8, 4) is 0 Å². The highest BCUT2D eigenvalue weighted by Crippen LogP contribution is 2.29. The SMILES string of the molecule is Cc1ccc2c(C)c(C(=O)NCC(c3ccco3)N(C)C)oc2c1C. The summed E-state index contributed by atoms with van der Waals surface area (Å²) in [6.45, 7) is 6.41. The van der Waals surface area contributed by atoms with Gasteiger partial charge in [0.05, 0.1) is 12.3 Å². The first-order valence-corrected chi connectivity index (χ1v) is 8.37. The molecule has 25 heavy (non-hydrogen) atoms. The van der Waals surface area contributed by atoms with E-state index in [2.05, 4.69) is 11.4 Å². The summed E-state index contributed by atoms with van der Waals surface area (Å²) in [5.74, 6) is 0.989. The van der Waals surface area contributed by atoms with Gasteiger partial charge < -0.3 is 14.2 Å². The van der Waals surface area contributed by atoms with Crippen LogP contribution in [-0.4, -0.2) is 31.4 Å². The number of likely N-dealkylation sites (N-methyl/N-ethyl adjacent to an activating group) is 1. The van der Waals surface area contributed by atoms with E-state index in [4.69, 9.17) is 8.83 Å². The van der Waals surface area contributed by atoms with E-state index in [0.717, 1.165) is 33.4 Å². The number of hydrogen-bond donors (Lipinski definition) is 1. The number of nitrogens with zero attached hydrogens (tertiary/aromatic N) is 1. The lowest BCUT2D eigenvalue weighted by Gasteiger charge is -2.22.